The summed E-state index contributed by atoms with van der Waals surface area (Å²) in [5.41, 5.74) is 2.99. The average molecular weight is 435 g/mol. The van der Waals surface area contributed by atoms with Crippen LogP contribution >= 0.6 is 0 Å². The van der Waals surface area contributed by atoms with Crippen molar-refractivity contribution in [2.45, 2.75) is 82.5 Å². The lowest BCUT2D eigenvalue weighted by molar-refractivity contribution is 0.0294. The van der Waals surface area contributed by atoms with Crippen LogP contribution in [0.3, 0.4) is 0 Å². The minimum absolute atomic E-state index is 0.00406. The fraction of sp³-hybridized carbons (Fsp3) is 0.500. The fourth-order valence-corrected chi connectivity index (χ4v) is 6.35. The smallest absolute Gasteiger partial charge is 0.250 e. The van der Waals surface area contributed by atoms with Crippen molar-refractivity contribution in [1.29, 1.82) is 0 Å². The zero-order valence-corrected chi connectivity index (χ0v) is 21.0. The van der Waals surface area contributed by atoms with Crippen molar-refractivity contribution in [2.75, 3.05) is 0 Å². The summed E-state index contributed by atoms with van der Waals surface area (Å²) in [6, 6.07) is 16.9. The Morgan fingerprint density at radius 1 is 1.06 bits per heavy atom. The van der Waals surface area contributed by atoms with Gasteiger partial charge in [-0.1, -0.05) is 76.2 Å². The Kier molecular flexibility index (Phi) is 5.50. The second-order valence-corrected chi connectivity index (χ2v) is 15.9. The van der Waals surface area contributed by atoms with Gasteiger partial charge in [-0.25, -0.2) is 0 Å². The molecule has 3 heteroatoms. The summed E-state index contributed by atoms with van der Waals surface area (Å²) in [5.74, 6) is 1.46. The maximum Gasteiger partial charge on any atom is 0.250 e. The standard InChI is InChI=1S/C28H38O2Si/c1-7-27-17-18-28(29,22-11-9-8-10-12-22)20-23(27)14-13-21-19-24(15-16-25(21)27)30-31(5,6)26(2,3)4/h8-12,15-19,23,29H,7,13-14,20H2,1-6H3/t23-,27-,28-/m1/s1. The first-order valence-electron chi connectivity index (χ1n) is 11.8. The van der Waals surface area contributed by atoms with Crippen molar-refractivity contribution >= 4 is 8.32 Å². The number of hydrogen-bond acceptors (Lipinski definition) is 2. The molecule has 0 aromatic heterocycles. The normalized spacial score (nSPS) is 28.0. The van der Waals surface area contributed by atoms with Crippen LogP contribution in [0.4, 0.5) is 0 Å². The van der Waals surface area contributed by atoms with E-state index in [1.54, 1.807) is 0 Å². The molecular formula is C28H38O2Si. The van der Waals surface area contributed by atoms with E-state index < -0.39 is 13.9 Å². The lowest BCUT2D eigenvalue weighted by Gasteiger charge is -2.49. The van der Waals surface area contributed by atoms with E-state index in [4.69, 9.17) is 4.43 Å². The maximum absolute atomic E-state index is 11.5. The summed E-state index contributed by atoms with van der Waals surface area (Å²) < 4.78 is 6.61. The van der Waals surface area contributed by atoms with E-state index in [1.807, 2.05) is 30.3 Å². The molecule has 31 heavy (non-hydrogen) atoms. The van der Waals surface area contributed by atoms with Gasteiger partial charge in [-0.3, -0.25) is 0 Å². The van der Waals surface area contributed by atoms with Crippen LogP contribution in [0, 0.1) is 5.92 Å². The highest BCUT2D eigenvalue weighted by Gasteiger charge is 2.48. The van der Waals surface area contributed by atoms with E-state index in [1.165, 1.54) is 11.1 Å². The highest BCUT2D eigenvalue weighted by Crippen LogP contribution is 2.53. The Bertz CT molecular complexity index is 972. The molecule has 2 aromatic carbocycles. The highest BCUT2D eigenvalue weighted by molar-refractivity contribution is 6.74. The van der Waals surface area contributed by atoms with Gasteiger partial charge in [-0.2, -0.15) is 0 Å². The Morgan fingerprint density at radius 2 is 1.77 bits per heavy atom. The topological polar surface area (TPSA) is 29.5 Å². The molecule has 2 aliphatic carbocycles. The highest BCUT2D eigenvalue weighted by atomic mass is 28.4. The van der Waals surface area contributed by atoms with Gasteiger partial charge in [0.1, 0.15) is 11.4 Å². The molecule has 0 fully saturated rings. The van der Waals surface area contributed by atoms with Gasteiger partial charge in [-0.15, -0.1) is 0 Å². The van der Waals surface area contributed by atoms with Gasteiger partial charge in [0.2, 0.25) is 8.32 Å². The third-order valence-corrected chi connectivity index (χ3v) is 12.7. The van der Waals surface area contributed by atoms with Crippen LogP contribution in [-0.2, 0) is 17.4 Å². The Balaban J connectivity index is 1.69. The van der Waals surface area contributed by atoms with E-state index in [0.717, 1.165) is 37.0 Å². The Labute approximate surface area is 189 Å². The van der Waals surface area contributed by atoms with Gasteiger partial charge in [0.25, 0.3) is 0 Å². The zero-order valence-electron chi connectivity index (χ0n) is 20.0. The number of hydrogen-bond donors (Lipinski definition) is 1. The molecule has 3 atom stereocenters. The van der Waals surface area contributed by atoms with Gasteiger partial charge in [0.05, 0.1) is 0 Å². The van der Waals surface area contributed by atoms with Gasteiger partial charge in [-0.05, 0) is 78.6 Å². The number of aliphatic hydroxyl groups is 1. The van der Waals surface area contributed by atoms with E-state index in [0.29, 0.717) is 5.92 Å². The van der Waals surface area contributed by atoms with Crippen molar-refractivity contribution < 1.29 is 9.53 Å². The first-order valence-corrected chi connectivity index (χ1v) is 14.7. The molecule has 0 saturated heterocycles. The van der Waals surface area contributed by atoms with Crippen LogP contribution in [0.15, 0.2) is 60.7 Å². The number of fused-ring (bicyclic) bond motifs is 3. The second kappa shape index (κ2) is 7.63. The molecule has 2 nitrogen and oxygen atoms in total. The minimum atomic E-state index is -1.86. The summed E-state index contributed by atoms with van der Waals surface area (Å²) in [4.78, 5) is 0. The lowest BCUT2D eigenvalue weighted by Crippen LogP contribution is -2.45. The van der Waals surface area contributed by atoms with Gasteiger partial charge in [0, 0.05) is 5.41 Å². The first-order chi connectivity index (χ1) is 14.5. The number of benzene rings is 2. The molecule has 0 bridgehead atoms. The third-order valence-electron chi connectivity index (χ3n) is 8.32. The molecule has 0 radical (unpaired) electrons. The zero-order chi connectivity index (χ0) is 22.5. The Hall–Kier alpha value is -1.84. The molecule has 4 rings (SSSR count). The van der Waals surface area contributed by atoms with Crippen LogP contribution in [-0.4, -0.2) is 13.4 Å². The SMILES string of the molecule is CC[C@@]12C=C[C@](O)(c3ccccc3)C[C@H]1CCc1cc(O[Si](C)(C)C(C)(C)C)ccc12. The van der Waals surface area contributed by atoms with Crippen molar-refractivity contribution in [3.8, 4) is 5.75 Å². The average Bonchev–Trinajstić information content (AvgIpc) is 2.73. The summed E-state index contributed by atoms with van der Waals surface area (Å²) in [6.45, 7) is 13.8. The molecule has 0 amide bonds. The van der Waals surface area contributed by atoms with Crippen molar-refractivity contribution in [2.24, 2.45) is 5.92 Å². The molecule has 2 aliphatic rings. The third kappa shape index (κ3) is 3.80. The number of allylic oxidation sites excluding steroid dienone is 1. The van der Waals surface area contributed by atoms with Crippen molar-refractivity contribution in [1.82, 2.24) is 0 Å². The Morgan fingerprint density at radius 3 is 2.42 bits per heavy atom. The quantitative estimate of drug-likeness (QED) is 0.410. The molecule has 0 heterocycles. The predicted octanol–water partition coefficient (Wildman–Crippen LogP) is 7.13. The van der Waals surface area contributed by atoms with Gasteiger partial charge in [0.15, 0.2) is 0 Å². The van der Waals surface area contributed by atoms with E-state index in [-0.39, 0.29) is 10.5 Å². The van der Waals surface area contributed by atoms with Crippen LogP contribution in [0.5, 0.6) is 5.75 Å². The lowest BCUT2D eigenvalue weighted by atomic mass is 9.56. The van der Waals surface area contributed by atoms with Gasteiger partial charge < -0.3 is 9.53 Å². The summed E-state index contributed by atoms with van der Waals surface area (Å²) in [7, 11) is -1.86. The number of rotatable bonds is 4. The largest absolute Gasteiger partial charge is 0.543 e. The van der Waals surface area contributed by atoms with Crippen LogP contribution < -0.4 is 4.43 Å². The predicted molar refractivity (Wildman–Crippen MR) is 132 cm³/mol. The molecule has 0 saturated carbocycles. The molecular weight excluding hydrogens is 396 g/mol. The maximum atomic E-state index is 11.5. The minimum Gasteiger partial charge on any atom is -0.543 e. The van der Waals surface area contributed by atoms with E-state index in [9.17, 15) is 5.11 Å². The van der Waals surface area contributed by atoms with E-state index in [2.05, 4.69) is 71.1 Å². The first kappa shape index (κ1) is 22.4. The molecule has 1 N–H and O–H groups in total. The van der Waals surface area contributed by atoms with Crippen molar-refractivity contribution in [3.63, 3.8) is 0 Å². The molecule has 0 spiro atoms. The summed E-state index contributed by atoms with van der Waals surface area (Å²) in [6.07, 6.45) is 8.37. The molecule has 2 aromatic rings. The molecule has 0 aliphatic heterocycles. The van der Waals surface area contributed by atoms with Gasteiger partial charge >= 0.3 is 0 Å². The summed E-state index contributed by atoms with van der Waals surface area (Å²) in [5, 5.41) is 11.7. The monoisotopic (exact) mass is 434 g/mol. The summed E-state index contributed by atoms with van der Waals surface area (Å²) >= 11 is 0. The van der Waals surface area contributed by atoms with E-state index >= 15 is 0 Å². The second-order valence-electron chi connectivity index (χ2n) is 11.1. The molecule has 0 unspecified atom stereocenters. The van der Waals surface area contributed by atoms with Crippen LogP contribution in [0.25, 0.3) is 0 Å². The van der Waals surface area contributed by atoms with Crippen LogP contribution in [0.1, 0.15) is 63.6 Å². The van der Waals surface area contributed by atoms with Crippen LogP contribution in [0.2, 0.25) is 18.1 Å². The molecule has 166 valence electrons. The van der Waals surface area contributed by atoms with Crippen molar-refractivity contribution in [3.05, 3.63) is 77.4 Å². The fourth-order valence-electron chi connectivity index (χ4n) is 5.33. The number of aryl methyl sites for hydroxylation is 1.